The Balaban J connectivity index is 1.84. The van der Waals surface area contributed by atoms with Gasteiger partial charge >= 0.3 is 0 Å². The fourth-order valence-electron chi connectivity index (χ4n) is 3.65. The number of fused-ring (bicyclic) bond motifs is 1. The molecule has 1 heterocycles. The predicted molar refractivity (Wildman–Crippen MR) is 89.5 cm³/mol. The lowest BCUT2D eigenvalue weighted by atomic mass is 10.00. The number of hydrogen-bond acceptors (Lipinski definition) is 4. The standard InChI is InChI=1S/C17H25NO4S/c1-21-16-10-13-8-9-18(12-14(13)11-17(16)22-2)23(19,20)15-6-4-3-5-7-15/h10-11,15H,3-9,12H2,1-2H3. The second kappa shape index (κ2) is 6.69. The van der Waals surface area contributed by atoms with Gasteiger partial charge in [0.25, 0.3) is 0 Å². The van der Waals surface area contributed by atoms with Crippen LogP contribution in [0.5, 0.6) is 11.5 Å². The summed E-state index contributed by atoms with van der Waals surface area (Å²) in [6, 6.07) is 3.88. The third kappa shape index (κ3) is 3.19. The average Bonchev–Trinajstić information content (AvgIpc) is 2.60. The van der Waals surface area contributed by atoms with E-state index < -0.39 is 10.0 Å². The lowest BCUT2D eigenvalue weighted by Gasteiger charge is -2.33. The van der Waals surface area contributed by atoms with Gasteiger partial charge in [-0.3, -0.25) is 0 Å². The first-order chi connectivity index (χ1) is 11.1. The Bertz CT molecular complexity index is 665. The summed E-state index contributed by atoms with van der Waals surface area (Å²) in [4.78, 5) is 0. The second-order valence-corrected chi connectivity index (χ2v) is 8.58. The van der Waals surface area contributed by atoms with E-state index >= 15 is 0 Å². The van der Waals surface area contributed by atoms with Crippen molar-refractivity contribution in [3.05, 3.63) is 23.3 Å². The largest absolute Gasteiger partial charge is 0.493 e. The first-order valence-electron chi connectivity index (χ1n) is 8.29. The molecule has 1 aliphatic heterocycles. The highest BCUT2D eigenvalue weighted by atomic mass is 32.2. The quantitative estimate of drug-likeness (QED) is 0.846. The molecule has 0 bridgehead atoms. The summed E-state index contributed by atoms with van der Waals surface area (Å²) in [7, 11) is 0.0170. The van der Waals surface area contributed by atoms with E-state index in [2.05, 4.69) is 0 Å². The fourth-order valence-corrected chi connectivity index (χ4v) is 5.66. The van der Waals surface area contributed by atoms with Gasteiger partial charge < -0.3 is 9.47 Å². The molecule has 0 unspecified atom stereocenters. The highest BCUT2D eigenvalue weighted by Crippen LogP contribution is 2.35. The van der Waals surface area contributed by atoms with Crippen LogP contribution in [0.3, 0.4) is 0 Å². The summed E-state index contributed by atoms with van der Waals surface area (Å²) < 4.78 is 38.1. The average molecular weight is 339 g/mol. The molecule has 0 N–H and O–H groups in total. The maximum atomic E-state index is 12.9. The van der Waals surface area contributed by atoms with Crippen molar-refractivity contribution >= 4 is 10.0 Å². The van der Waals surface area contributed by atoms with Crippen LogP contribution < -0.4 is 9.47 Å². The van der Waals surface area contributed by atoms with E-state index in [4.69, 9.17) is 9.47 Å². The van der Waals surface area contributed by atoms with Crippen LogP contribution in [0, 0.1) is 0 Å². The summed E-state index contributed by atoms with van der Waals surface area (Å²) in [6.07, 6.45) is 5.54. The molecule has 5 nitrogen and oxygen atoms in total. The van der Waals surface area contributed by atoms with Crippen molar-refractivity contribution in [1.82, 2.24) is 4.31 Å². The van der Waals surface area contributed by atoms with Gasteiger partial charge in [-0.15, -0.1) is 0 Å². The van der Waals surface area contributed by atoms with Gasteiger partial charge in [-0.25, -0.2) is 8.42 Å². The van der Waals surface area contributed by atoms with Gasteiger partial charge in [0.1, 0.15) is 0 Å². The van der Waals surface area contributed by atoms with Crippen molar-refractivity contribution in [2.45, 2.75) is 50.3 Å². The van der Waals surface area contributed by atoms with Crippen molar-refractivity contribution in [3.8, 4) is 11.5 Å². The number of methoxy groups -OCH3 is 2. The van der Waals surface area contributed by atoms with Crippen LogP contribution in [0.2, 0.25) is 0 Å². The summed E-state index contributed by atoms with van der Waals surface area (Å²) in [5.74, 6) is 1.36. The zero-order valence-electron chi connectivity index (χ0n) is 13.9. The summed E-state index contributed by atoms with van der Waals surface area (Å²) >= 11 is 0. The number of hydrogen-bond donors (Lipinski definition) is 0. The zero-order chi connectivity index (χ0) is 16.4. The molecule has 0 amide bonds. The summed E-state index contributed by atoms with van der Waals surface area (Å²) in [5.41, 5.74) is 2.17. The molecule has 0 aromatic heterocycles. The van der Waals surface area contributed by atoms with Crippen LogP contribution in [-0.4, -0.2) is 38.7 Å². The Hall–Kier alpha value is -1.27. The minimum absolute atomic E-state index is 0.196. The van der Waals surface area contributed by atoms with Crippen LogP contribution >= 0.6 is 0 Å². The number of ether oxygens (including phenoxy) is 2. The van der Waals surface area contributed by atoms with E-state index in [1.165, 1.54) is 0 Å². The molecule has 2 aliphatic rings. The number of benzene rings is 1. The van der Waals surface area contributed by atoms with Gasteiger partial charge in [0.05, 0.1) is 19.5 Å². The molecular formula is C17H25NO4S. The Kier molecular flexibility index (Phi) is 4.82. The van der Waals surface area contributed by atoms with Crippen molar-refractivity contribution in [2.75, 3.05) is 20.8 Å². The molecule has 1 aromatic rings. The predicted octanol–water partition coefficient (Wildman–Crippen LogP) is 2.72. The Morgan fingerprint density at radius 2 is 1.61 bits per heavy atom. The maximum absolute atomic E-state index is 12.9. The molecule has 1 aromatic carbocycles. The first kappa shape index (κ1) is 16.6. The molecule has 3 rings (SSSR count). The summed E-state index contributed by atoms with van der Waals surface area (Å²) in [6.45, 7) is 0.996. The van der Waals surface area contributed by atoms with E-state index in [9.17, 15) is 8.42 Å². The van der Waals surface area contributed by atoms with Gasteiger partial charge in [-0.2, -0.15) is 4.31 Å². The number of nitrogens with zero attached hydrogens (tertiary/aromatic N) is 1. The molecule has 1 aliphatic carbocycles. The Morgan fingerprint density at radius 3 is 2.22 bits per heavy atom. The zero-order valence-corrected chi connectivity index (χ0v) is 14.7. The highest BCUT2D eigenvalue weighted by Gasteiger charge is 2.35. The van der Waals surface area contributed by atoms with Crippen LogP contribution in [0.25, 0.3) is 0 Å². The van der Waals surface area contributed by atoms with Crippen molar-refractivity contribution in [2.24, 2.45) is 0 Å². The monoisotopic (exact) mass is 339 g/mol. The third-order valence-corrected chi connectivity index (χ3v) is 7.36. The Labute approximate surface area is 138 Å². The second-order valence-electron chi connectivity index (χ2n) is 6.36. The number of sulfonamides is 1. The van der Waals surface area contributed by atoms with Gasteiger partial charge in [0.2, 0.25) is 10.0 Å². The topological polar surface area (TPSA) is 55.8 Å². The molecule has 0 spiro atoms. The smallest absolute Gasteiger partial charge is 0.217 e. The minimum Gasteiger partial charge on any atom is -0.493 e. The van der Waals surface area contributed by atoms with E-state index in [1.54, 1.807) is 18.5 Å². The van der Waals surface area contributed by atoms with E-state index in [-0.39, 0.29) is 5.25 Å². The lowest BCUT2D eigenvalue weighted by Crippen LogP contribution is -2.42. The molecule has 6 heteroatoms. The lowest BCUT2D eigenvalue weighted by molar-refractivity contribution is 0.346. The van der Waals surface area contributed by atoms with E-state index in [0.717, 1.165) is 49.7 Å². The minimum atomic E-state index is -3.20. The molecule has 0 atom stereocenters. The molecule has 128 valence electrons. The normalized spacial score (nSPS) is 20.1. The molecule has 0 saturated heterocycles. The van der Waals surface area contributed by atoms with Crippen LogP contribution in [0.1, 0.15) is 43.2 Å². The highest BCUT2D eigenvalue weighted by molar-refractivity contribution is 7.89. The molecule has 1 fully saturated rings. The van der Waals surface area contributed by atoms with Crippen LogP contribution in [-0.2, 0) is 23.0 Å². The maximum Gasteiger partial charge on any atom is 0.217 e. The van der Waals surface area contributed by atoms with Crippen molar-refractivity contribution in [1.29, 1.82) is 0 Å². The van der Waals surface area contributed by atoms with Crippen LogP contribution in [0.4, 0.5) is 0 Å². The van der Waals surface area contributed by atoms with Gasteiger partial charge in [-0.05, 0) is 42.5 Å². The SMILES string of the molecule is COc1cc2c(cc1OC)CN(S(=O)(=O)C1CCCCC1)CC2. The molecular weight excluding hydrogens is 314 g/mol. The molecule has 1 saturated carbocycles. The fraction of sp³-hybridized carbons (Fsp3) is 0.647. The van der Waals surface area contributed by atoms with Gasteiger partial charge in [0.15, 0.2) is 11.5 Å². The van der Waals surface area contributed by atoms with Gasteiger partial charge in [0, 0.05) is 13.1 Å². The van der Waals surface area contributed by atoms with E-state index in [1.807, 2.05) is 12.1 Å². The summed E-state index contributed by atoms with van der Waals surface area (Å²) in [5, 5.41) is -0.196. The third-order valence-electron chi connectivity index (χ3n) is 5.02. The van der Waals surface area contributed by atoms with Gasteiger partial charge in [-0.1, -0.05) is 19.3 Å². The number of rotatable bonds is 4. The van der Waals surface area contributed by atoms with Crippen molar-refractivity contribution in [3.63, 3.8) is 0 Å². The molecule has 23 heavy (non-hydrogen) atoms. The first-order valence-corrected chi connectivity index (χ1v) is 9.79. The Morgan fingerprint density at radius 1 is 1.00 bits per heavy atom. The van der Waals surface area contributed by atoms with Crippen molar-refractivity contribution < 1.29 is 17.9 Å². The molecule has 0 radical (unpaired) electrons. The van der Waals surface area contributed by atoms with Crippen LogP contribution in [0.15, 0.2) is 12.1 Å². The van der Waals surface area contributed by atoms with E-state index in [0.29, 0.717) is 24.6 Å².